The minimum Gasteiger partial charge on any atom is -0.507 e. The van der Waals surface area contributed by atoms with Crippen LogP contribution in [0.25, 0.3) is 5.76 Å². The summed E-state index contributed by atoms with van der Waals surface area (Å²) < 4.78 is 0. The molecule has 1 fully saturated rings. The highest BCUT2D eigenvalue weighted by molar-refractivity contribution is 6.51. The smallest absolute Gasteiger partial charge is 0.301 e. The van der Waals surface area contributed by atoms with E-state index in [2.05, 4.69) is 10.2 Å². The molecule has 0 bridgehead atoms. The van der Waals surface area contributed by atoms with Crippen LogP contribution in [-0.4, -0.2) is 33.0 Å². The molecule has 0 aliphatic carbocycles. The van der Waals surface area contributed by atoms with Crippen molar-refractivity contribution >= 4 is 23.3 Å². The number of aliphatic hydroxyl groups is 1. The number of anilines is 1. The molecule has 2 heterocycles. The summed E-state index contributed by atoms with van der Waals surface area (Å²) >= 11 is 0. The third kappa shape index (κ3) is 2.56. The molecule has 1 amide bonds. The van der Waals surface area contributed by atoms with E-state index in [1.165, 1.54) is 4.90 Å². The van der Waals surface area contributed by atoms with Crippen molar-refractivity contribution in [2.24, 2.45) is 0 Å². The van der Waals surface area contributed by atoms with Crippen LogP contribution < -0.4 is 4.90 Å². The van der Waals surface area contributed by atoms with Crippen molar-refractivity contribution in [2.45, 2.75) is 26.8 Å². The van der Waals surface area contributed by atoms with Gasteiger partial charge in [0.15, 0.2) is 5.82 Å². The molecule has 1 saturated heterocycles. The lowest BCUT2D eigenvalue weighted by Crippen LogP contribution is -2.33. The number of aliphatic hydroxyl groups excluding tert-OH is 1. The molecule has 0 saturated carbocycles. The van der Waals surface area contributed by atoms with Gasteiger partial charge in [-0.15, -0.1) is 5.10 Å². The van der Waals surface area contributed by atoms with Gasteiger partial charge in [-0.1, -0.05) is 29.8 Å². The third-order valence-electron chi connectivity index (χ3n) is 4.07. The Hall–Kier alpha value is -3.02. The largest absolute Gasteiger partial charge is 0.507 e. The van der Waals surface area contributed by atoms with Gasteiger partial charge in [-0.3, -0.25) is 14.5 Å². The number of nitrogens with zero attached hydrogens (tertiary/aromatic N) is 3. The third-order valence-corrected chi connectivity index (χ3v) is 4.07. The molecule has 1 aliphatic rings. The molecule has 6 heteroatoms. The number of rotatable bonds is 2. The molecule has 24 heavy (non-hydrogen) atoms. The second-order valence-corrected chi connectivity index (χ2v) is 5.84. The zero-order chi connectivity index (χ0) is 17.4. The Bertz CT molecular complexity index is 839. The van der Waals surface area contributed by atoms with Gasteiger partial charge in [0, 0.05) is 5.56 Å². The second-order valence-electron chi connectivity index (χ2n) is 5.84. The summed E-state index contributed by atoms with van der Waals surface area (Å²) in [4.78, 5) is 26.0. The van der Waals surface area contributed by atoms with Crippen LogP contribution in [0.15, 0.2) is 42.0 Å². The van der Waals surface area contributed by atoms with E-state index < -0.39 is 17.7 Å². The number of benzene rings is 1. The topological polar surface area (TPSA) is 83.4 Å². The quantitative estimate of drug-likeness (QED) is 0.521. The minimum atomic E-state index is -0.719. The number of carbonyl (C=O) groups excluding carboxylic acids is 2. The van der Waals surface area contributed by atoms with Crippen LogP contribution in [0.2, 0.25) is 0 Å². The number of ketones is 1. The Kier molecular flexibility index (Phi) is 3.89. The average molecular weight is 323 g/mol. The maximum absolute atomic E-state index is 12.4. The SMILES string of the molecule is Cc1ccc(/C(O)=C2/C(=O)C(=O)N(c3ccc(C)nn3)C2C)cc1. The monoisotopic (exact) mass is 323 g/mol. The Morgan fingerprint density at radius 3 is 2.29 bits per heavy atom. The van der Waals surface area contributed by atoms with Gasteiger partial charge in [-0.25, -0.2) is 0 Å². The van der Waals surface area contributed by atoms with Crippen LogP contribution in [0.4, 0.5) is 5.82 Å². The van der Waals surface area contributed by atoms with Crippen LogP contribution >= 0.6 is 0 Å². The first-order valence-electron chi connectivity index (χ1n) is 7.58. The van der Waals surface area contributed by atoms with Gasteiger partial charge in [0.25, 0.3) is 5.78 Å². The average Bonchev–Trinajstić information content (AvgIpc) is 2.78. The normalized spacial score (nSPS) is 19.8. The van der Waals surface area contributed by atoms with E-state index in [-0.39, 0.29) is 17.2 Å². The zero-order valence-electron chi connectivity index (χ0n) is 13.6. The second kappa shape index (κ2) is 5.88. The number of carbonyl (C=O) groups is 2. The van der Waals surface area contributed by atoms with Crippen molar-refractivity contribution in [3.63, 3.8) is 0 Å². The minimum absolute atomic E-state index is 0.0752. The van der Waals surface area contributed by atoms with E-state index in [9.17, 15) is 14.7 Å². The molecule has 1 unspecified atom stereocenters. The van der Waals surface area contributed by atoms with E-state index in [4.69, 9.17) is 0 Å². The lowest BCUT2D eigenvalue weighted by Gasteiger charge is -2.19. The lowest BCUT2D eigenvalue weighted by atomic mass is 10.0. The van der Waals surface area contributed by atoms with Gasteiger partial charge in [0.05, 0.1) is 17.3 Å². The maximum atomic E-state index is 12.4. The van der Waals surface area contributed by atoms with Gasteiger partial charge in [0.2, 0.25) is 0 Å². The lowest BCUT2D eigenvalue weighted by molar-refractivity contribution is -0.132. The Balaban J connectivity index is 2.05. The standard InChI is InChI=1S/C18H17N3O3/c1-10-4-7-13(8-5-10)16(22)15-12(3)21(18(24)17(15)23)14-9-6-11(2)19-20-14/h4-9,12,22H,1-3H3/b16-15-. The predicted octanol–water partition coefficient (Wildman–Crippen LogP) is 2.37. The van der Waals surface area contributed by atoms with E-state index >= 15 is 0 Å². The fourth-order valence-corrected chi connectivity index (χ4v) is 2.71. The summed E-state index contributed by atoms with van der Waals surface area (Å²) in [5.41, 5.74) is 2.32. The molecule has 3 rings (SSSR count). The number of aromatic nitrogens is 2. The zero-order valence-corrected chi connectivity index (χ0v) is 13.6. The fraction of sp³-hybridized carbons (Fsp3) is 0.222. The first-order valence-corrected chi connectivity index (χ1v) is 7.58. The molecule has 2 aromatic rings. The Morgan fingerprint density at radius 2 is 1.71 bits per heavy atom. The Labute approximate surface area is 139 Å². The molecule has 122 valence electrons. The number of amides is 1. The molecule has 6 nitrogen and oxygen atoms in total. The van der Waals surface area contributed by atoms with Crippen molar-refractivity contribution in [3.05, 3.63) is 58.8 Å². The highest BCUT2D eigenvalue weighted by Crippen LogP contribution is 2.31. The van der Waals surface area contributed by atoms with Crippen molar-refractivity contribution in [2.75, 3.05) is 4.90 Å². The summed E-state index contributed by atoms with van der Waals surface area (Å²) in [6, 6.07) is 9.84. The number of aryl methyl sites for hydroxylation is 2. The number of Topliss-reactive ketones (excluding diaryl/α,β-unsaturated/α-hetero) is 1. The van der Waals surface area contributed by atoms with Crippen LogP contribution in [0, 0.1) is 13.8 Å². The first-order chi connectivity index (χ1) is 11.4. The number of hydrogen-bond donors (Lipinski definition) is 1. The summed E-state index contributed by atoms with van der Waals surface area (Å²) in [5, 5.41) is 18.4. The van der Waals surface area contributed by atoms with Gasteiger partial charge >= 0.3 is 5.91 Å². The van der Waals surface area contributed by atoms with Crippen LogP contribution in [0.5, 0.6) is 0 Å². The van der Waals surface area contributed by atoms with Crippen LogP contribution in [0.1, 0.15) is 23.7 Å². The van der Waals surface area contributed by atoms with E-state index in [1.54, 1.807) is 38.1 Å². The molecule has 0 spiro atoms. The summed E-state index contributed by atoms with van der Waals surface area (Å²) in [7, 11) is 0. The molecular weight excluding hydrogens is 306 g/mol. The van der Waals surface area contributed by atoms with E-state index in [0.717, 1.165) is 5.56 Å². The molecule has 1 aromatic carbocycles. The molecule has 1 atom stereocenters. The maximum Gasteiger partial charge on any atom is 0.301 e. The summed E-state index contributed by atoms with van der Waals surface area (Å²) in [5.74, 6) is -1.32. The number of hydrogen-bond acceptors (Lipinski definition) is 5. The predicted molar refractivity (Wildman–Crippen MR) is 89.5 cm³/mol. The van der Waals surface area contributed by atoms with E-state index in [0.29, 0.717) is 11.3 Å². The highest BCUT2D eigenvalue weighted by Gasteiger charge is 2.44. The molecule has 1 aliphatic heterocycles. The van der Waals surface area contributed by atoms with Gasteiger partial charge < -0.3 is 5.11 Å². The summed E-state index contributed by atoms with van der Waals surface area (Å²) in [6.07, 6.45) is 0. The van der Waals surface area contributed by atoms with Gasteiger partial charge in [-0.05, 0) is 32.9 Å². The Morgan fingerprint density at radius 1 is 1.04 bits per heavy atom. The van der Waals surface area contributed by atoms with Crippen molar-refractivity contribution in [1.29, 1.82) is 0 Å². The first kappa shape index (κ1) is 15.9. The van der Waals surface area contributed by atoms with Gasteiger partial charge in [-0.2, -0.15) is 5.10 Å². The van der Waals surface area contributed by atoms with Crippen molar-refractivity contribution in [1.82, 2.24) is 10.2 Å². The van der Waals surface area contributed by atoms with Crippen molar-refractivity contribution < 1.29 is 14.7 Å². The highest BCUT2D eigenvalue weighted by atomic mass is 16.3. The van der Waals surface area contributed by atoms with Crippen LogP contribution in [0.3, 0.4) is 0 Å². The van der Waals surface area contributed by atoms with Crippen molar-refractivity contribution in [3.8, 4) is 0 Å². The van der Waals surface area contributed by atoms with Gasteiger partial charge in [0.1, 0.15) is 5.76 Å². The molecule has 0 radical (unpaired) electrons. The van der Waals surface area contributed by atoms with E-state index in [1.807, 2.05) is 19.1 Å². The van der Waals surface area contributed by atoms with Crippen LogP contribution in [-0.2, 0) is 9.59 Å². The summed E-state index contributed by atoms with van der Waals surface area (Å²) in [6.45, 7) is 5.40. The fourth-order valence-electron chi connectivity index (χ4n) is 2.71. The molecule has 1 N–H and O–H groups in total. The molecule has 1 aromatic heterocycles. The molecular formula is C18H17N3O3.